The van der Waals surface area contributed by atoms with Crippen LogP contribution in [0.3, 0.4) is 0 Å². The molecule has 0 unspecified atom stereocenters. The number of primary amides is 1. The van der Waals surface area contributed by atoms with E-state index in [9.17, 15) is 4.79 Å². The minimum Gasteiger partial charge on any atom is -0.368 e. The summed E-state index contributed by atoms with van der Waals surface area (Å²) in [4.78, 5) is 10.3. The minimum atomic E-state index is -0.380. The van der Waals surface area contributed by atoms with Crippen molar-refractivity contribution in [3.05, 3.63) is 16.5 Å². The number of rotatable bonds is 3. The number of halogens is 1. The molecule has 3 N–H and O–H groups in total. The molecule has 0 aliphatic rings. The molecule has 0 saturated carbocycles. The molecule has 0 atom stereocenters. The molecule has 5 heteroatoms. The van der Waals surface area contributed by atoms with Gasteiger partial charge in [0.2, 0.25) is 5.91 Å². The number of nitrogens with two attached hydrogens (primary N) is 1. The van der Waals surface area contributed by atoms with Gasteiger partial charge in [-0.15, -0.1) is 11.3 Å². The van der Waals surface area contributed by atoms with Gasteiger partial charge in [0.1, 0.15) is 0 Å². The van der Waals surface area contributed by atoms with Gasteiger partial charge in [-0.05, 0) is 12.1 Å². The highest BCUT2D eigenvalue weighted by molar-refractivity contribution is 7.19. The molecule has 1 aromatic rings. The van der Waals surface area contributed by atoms with E-state index >= 15 is 0 Å². The van der Waals surface area contributed by atoms with Gasteiger partial charge in [-0.3, -0.25) is 4.79 Å². The third kappa shape index (κ3) is 2.78. The Balaban J connectivity index is 2.45. The van der Waals surface area contributed by atoms with Crippen molar-refractivity contribution in [2.45, 2.75) is 0 Å². The Morgan fingerprint density at radius 1 is 1.73 bits per heavy atom. The predicted octanol–water partition coefficient (Wildman–Crippen LogP) is 1.30. The molecule has 3 nitrogen and oxygen atoms in total. The van der Waals surface area contributed by atoms with Crippen molar-refractivity contribution < 1.29 is 4.79 Å². The lowest BCUT2D eigenvalue weighted by molar-refractivity contribution is -0.116. The van der Waals surface area contributed by atoms with E-state index in [0.717, 1.165) is 5.00 Å². The van der Waals surface area contributed by atoms with Gasteiger partial charge in [-0.2, -0.15) is 0 Å². The van der Waals surface area contributed by atoms with E-state index in [1.54, 1.807) is 12.1 Å². The topological polar surface area (TPSA) is 55.1 Å². The van der Waals surface area contributed by atoms with Crippen LogP contribution in [0, 0.1) is 0 Å². The average Bonchev–Trinajstić information content (AvgIpc) is 2.31. The molecule has 1 heterocycles. The van der Waals surface area contributed by atoms with Gasteiger partial charge in [0.25, 0.3) is 0 Å². The molecule has 0 saturated heterocycles. The van der Waals surface area contributed by atoms with E-state index in [1.807, 2.05) is 0 Å². The smallest absolute Gasteiger partial charge is 0.236 e. The highest BCUT2D eigenvalue weighted by Crippen LogP contribution is 2.25. The van der Waals surface area contributed by atoms with Crippen molar-refractivity contribution in [2.24, 2.45) is 5.73 Å². The quantitative estimate of drug-likeness (QED) is 0.755. The molecule has 0 bridgehead atoms. The summed E-state index contributed by atoms with van der Waals surface area (Å²) in [6, 6.07) is 3.56. The fraction of sp³-hybridized carbons (Fsp3) is 0.167. The molecule has 11 heavy (non-hydrogen) atoms. The van der Waals surface area contributed by atoms with Crippen molar-refractivity contribution in [1.82, 2.24) is 0 Å². The predicted molar refractivity (Wildman–Crippen MR) is 47.0 cm³/mol. The highest BCUT2D eigenvalue weighted by Gasteiger charge is 1.97. The molecule has 60 valence electrons. The summed E-state index contributed by atoms with van der Waals surface area (Å²) >= 11 is 7.01. The maximum Gasteiger partial charge on any atom is 0.236 e. The van der Waals surface area contributed by atoms with E-state index in [1.165, 1.54) is 11.3 Å². The number of amides is 1. The van der Waals surface area contributed by atoms with Crippen LogP contribution in [-0.4, -0.2) is 12.5 Å². The van der Waals surface area contributed by atoms with Gasteiger partial charge in [-0.25, -0.2) is 0 Å². The molecule has 0 radical (unpaired) electrons. The average molecular weight is 191 g/mol. The molecule has 0 spiro atoms. The number of carbonyl (C=O) groups excluding carboxylic acids is 1. The van der Waals surface area contributed by atoms with E-state index in [4.69, 9.17) is 17.3 Å². The zero-order chi connectivity index (χ0) is 8.27. The largest absolute Gasteiger partial charge is 0.368 e. The third-order valence-electron chi connectivity index (χ3n) is 1.01. The fourth-order valence-electron chi connectivity index (χ4n) is 0.584. The minimum absolute atomic E-state index is 0.150. The monoisotopic (exact) mass is 190 g/mol. The zero-order valence-electron chi connectivity index (χ0n) is 5.63. The molecule has 1 rings (SSSR count). The first-order valence-electron chi connectivity index (χ1n) is 2.96. The third-order valence-corrected chi connectivity index (χ3v) is 2.20. The van der Waals surface area contributed by atoms with Crippen LogP contribution in [0.2, 0.25) is 4.34 Å². The highest BCUT2D eigenvalue weighted by atomic mass is 35.5. The van der Waals surface area contributed by atoms with Crippen LogP contribution in [-0.2, 0) is 4.79 Å². The number of hydrogen-bond donors (Lipinski definition) is 2. The van der Waals surface area contributed by atoms with Gasteiger partial charge in [0, 0.05) is 0 Å². The summed E-state index contributed by atoms with van der Waals surface area (Å²) in [5.74, 6) is -0.380. The maximum absolute atomic E-state index is 10.3. The summed E-state index contributed by atoms with van der Waals surface area (Å²) in [5, 5.41) is 3.68. The summed E-state index contributed by atoms with van der Waals surface area (Å²) in [7, 11) is 0. The van der Waals surface area contributed by atoms with Crippen LogP contribution in [0.5, 0.6) is 0 Å². The van der Waals surface area contributed by atoms with E-state index < -0.39 is 0 Å². The fourth-order valence-corrected chi connectivity index (χ4v) is 1.52. The first-order chi connectivity index (χ1) is 5.18. The van der Waals surface area contributed by atoms with Crippen molar-refractivity contribution in [3.8, 4) is 0 Å². The van der Waals surface area contributed by atoms with Gasteiger partial charge in [-0.1, -0.05) is 11.6 Å². The molecule has 0 aromatic carbocycles. The first kappa shape index (κ1) is 8.36. The van der Waals surface area contributed by atoms with Gasteiger partial charge in [0.05, 0.1) is 15.9 Å². The van der Waals surface area contributed by atoms with Gasteiger partial charge >= 0.3 is 0 Å². The van der Waals surface area contributed by atoms with E-state index in [0.29, 0.717) is 4.34 Å². The molecule has 0 aliphatic heterocycles. The lowest BCUT2D eigenvalue weighted by Gasteiger charge is -1.96. The number of carbonyl (C=O) groups is 1. The second kappa shape index (κ2) is 3.59. The van der Waals surface area contributed by atoms with Crippen LogP contribution >= 0.6 is 22.9 Å². The Bertz CT molecular complexity index is 261. The number of anilines is 1. The van der Waals surface area contributed by atoms with Crippen LogP contribution < -0.4 is 11.1 Å². The molecule has 0 aliphatic carbocycles. The SMILES string of the molecule is NC(=O)CNc1ccc(Cl)s1. The number of hydrogen-bond acceptors (Lipinski definition) is 3. The zero-order valence-corrected chi connectivity index (χ0v) is 7.21. The Kier molecular flexibility index (Phi) is 2.73. The lowest BCUT2D eigenvalue weighted by Crippen LogP contribution is -2.21. The molecule has 1 aromatic heterocycles. The van der Waals surface area contributed by atoms with Crippen molar-refractivity contribution in [1.29, 1.82) is 0 Å². The Morgan fingerprint density at radius 3 is 2.91 bits per heavy atom. The second-order valence-corrected chi connectivity index (χ2v) is 3.64. The van der Waals surface area contributed by atoms with Crippen molar-refractivity contribution in [3.63, 3.8) is 0 Å². The summed E-state index contributed by atoms with van der Waals surface area (Å²) < 4.78 is 0.692. The first-order valence-corrected chi connectivity index (χ1v) is 4.15. The van der Waals surface area contributed by atoms with Crippen LogP contribution in [0.1, 0.15) is 0 Å². The summed E-state index contributed by atoms with van der Waals surface area (Å²) in [6.07, 6.45) is 0. The van der Waals surface area contributed by atoms with Crippen LogP contribution in [0.15, 0.2) is 12.1 Å². The summed E-state index contributed by atoms with van der Waals surface area (Å²) in [5.41, 5.74) is 4.92. The Hall–Kier alpha value is -0.740. The number of thiophene rings is 1. The Labute approximate surface area is 73.2 Å². The molecule has 1 amide bonds. The normalized spacial score (nSPS) is 9.55. The van der Waals surface area contributed by atoms with Crippen LogP contribution in [0.4, 0.5) is 5.00 Å². The Morgan fingerprint density at radius 2 is 2.45 bits per heavy atom. The second-order valence-electron chi connectivity index (χ2n) is 1.92. The molecular formula is C6H7ClN2OS. The summed E-state index contributed by atoms with van der Waals surface area (Å²) in [6.45, 7) is 0.150. The van der Waals surface area contributed by atoms with E-state index in [2.05, 4.69) is 5.32 Å². The number of nitrogens with one attached hydrogen (secondary N) is 1. The van der Waals surface area contributed by atoms with Crippen molar-refractivity contribution >= 4 is 33.8 Å². The molecule has 0 fully saturated rings. The van der Waals surface area contributed by atoms with Gasteiger partial charge < -0.3 is 11.1 Å². The lowest BCUT2D eigenvalue weighted by atomic mass is 10.5. The van der Waals surface area contributed by atoms with Gasteiger partial charge in [0.15, 0.2) is 0 Å². The standard InChI is InChI=1S/C6H7ClN2OS/c7-4-1-2-6(11-4)9-3-5(8)10/h1-2,9H,3H2,(H2,8,10). The maximum atomic E-state index is 10.3. The van der Waals surface area contributed by atoms with Crippen LogP contribution in [0.25, 0.3) is 0 Å². The van der Waals surface area contributed by atoms with E-state index in [-0.39, 0.29) is 12.5 Å². The van der Waals surface area contributed by atoms with Crippen molar-refractivity contribution in [2.75, 3.05) is 11.9 Å². The molecular weight excluding hydrogens is 184 g/mol.